The van der Waals surface area contributed by atoms with Crippen LogP contribution in [-0.4, -0.2) is 62.1 Å². The number of aliphatic imine (C=N–C) groups is 1. The van der Waals surface area contributed by atoms with Gasteiger partial charge in [0.15, 0.2) is 5.96 Å². The van der Waals surface area contributed by atoms with Crippen molar-refractivity contribution in [3.05, 3.63) is 30.6 Å². The van der Waals surface area contributed by atoms with Crippen molar-refractivity contribution >= 4 is 5.96 Å². The van der Waals surface area contributed by atoms with E-state index in [0.29, 0.717) is 5.92 Å². The minimum absolute atomic E-state index is 0.530. The Morgan fingerprint density at radius 1 is 1.45 bits per heavy atom. The fourth-order valence-electron chi connectivity index (χ4n) is 2.84. The highest BCUT2D eigenvalue weighted by Gasteiger charge is 2.26. The van der Waals surface area contributed by atoms with E-state index in [1.165, 1.54) is 5.56 Å². The molecule has 3 heterocycles. The maximum absolute atomic E-state index is 4.39. The molecule has 0 aliphatic carbocycles. The third-order valence-corrected chi connectivity index (χ3v) is 3.99. The summed E-state index contributed by atoms with van der Waals surface area (Å²) in [5.41, 5.74) is 1.31. The highest BCUT2D eigenvalue weighted by molar-refractivity contribution is 5.80. The highest BCUT2D eigenvalue weighted by Crippen LogP contribution is 2.26. The molecule has 1 N–H and O–H groups in total. The van der Waals surface area contributed by atoms with E-state index in [4.69, 9.17) is 0 Å². The number of aromatic nitrogens is 5. The topological polar surface area (TPSA) is 76.2 Å². The van der Waals surface area contributed by atoms with E-state index >= 15 is 0 Å². The fourth-order valence-corrected chi connectivity index (χ4v) is 2.84. The molecule has 3 rings (SSSR count). The van der Waals surface area contributed by atoms with Crippen LogP contribution in [0.1, 0.15) is 17.9 Å². The number of nitrogens with one attached hydrogen (secondary N) is 1. The summed E-state index contributed by atoms with van der Waals surface area (Å²) in [7, 11) is 3.79. The Hall–Kier alpha value is -2.38. The number of rotatable bonds is 4. The second-order valence-corrected chi connectivity index (χ2v) is 5.51. The van der Waals surface area contributed by atoms with Gasteiger partial charge >= 0.3 is 0 Å². The Bertz CT molecular complexity index is 615. The highest BCUT2D eigenvalue weighted by atomic mass is 15.3. The molecule has 0 bridgehead atoms. The molecular weight excluding hydrogens is 280 g/mol. The monoisotopic (exact) mass is 302 g/mol. The van der Waals surface area contributed by atoms with E-state index < -0.39 is 0 Å². The third kappa shape index (κ3) is 3.26. The van der Waals surface area contributed by atoms with Gasteiger partial charge in [-0.25, -0.2) is 4.98 Å². The van der Waals surface area contributed by atoms with Crippen LogP contribution in [0.4, 0.5) is 0 Å². The molecule has 1 saturated heterocycles. The fraction of sp³-hybridized carbons (Fsp3) is 0.571. The van der Waals surface area contributed by atoms with Crippen molar-refractivity contribution in [2.45, 2.75) is 18.9 Å². The van der Waals surface area contributed by atoms with Crippen LogP contribution in [0.25, 0.3) is 0 Å². The first-order valence-corrected chi connectivity index (χ1v) is 7.53. The maximum Gasteiger partial charge on any atom is 0.193 e. The minimum atomic E-state index is 0.530. The molecule has 0 spiro atoms. The molecule has 0 saturated carbocycles. The second-order valence-electron chi connectivity index (χ2n) is 5.51. The molecule has 0 aromatic carbocycles. The van der Waals surface area contributed by atoms with Crippen molar-refractivity contribution in [2.75, 3.05) is 26.7 Å². The Kier molecular flexibility index (Phi) is 4.36. The number of hydrogen-bond donors (Lipinski definition) is 1. The van der Waals surface area contributed by atoms with Crippen molar-refractivity contribution in [3.8, 4) is 0 Å². The average Bonchev–Trinajstić information content (AvgIpc) is 3.24. The Labute approximate surface area is 129 Å². The maximum atomic E-state index is 4.39. The van der Waals surface area contributed by atoms with Crippen LogP contribution >= 0.6 is 0 Å². The average molecular weight is 302 g/mol. The summed E-state index contributed by atoms with van der Waals surface area (Å²) in [6, 6.07) is 0. The van der Waals surface area contributed by atoms with Gasteiger partial charge in [-0.3, -0.25) is 14.4 Å². The standard InChI is InChI=1S/C14H22N8/c1-15-14(17-4-6-22-11-16-10-19-22)21-5-3-12(9-21)13-7-18-20(2)8-13/h7-8,10-12H,3-6,9H2,1-2H3,(H,15,17). The smallest absolute Gasteiger partial charge is 0.193 e. The Morgan fingerprint density at radius 3 is 3.05 bits per heavy atom. The molecular formula is C14H22N8. The first-order chi connectivity index (χ1) is 10.8. The molecule has 2 aromatic heterocycles. The summed E-state index contributed by atoms with van der Waals surface area (Å²) in [6.07, 6.45) is 8.48. The van der Waals surface area contributed by atoms with Crippen LogP contribution in [0.15, 0.2) is 30.0 Å². The predicted molar refractivity (Wildman–Crippen MR) is 83.5 cm³/mol. The molecule has 2 aromatic rings. The molecule has 118 valence electrons. The van der Waals surface area contributed by atoms with Crippen LogP contribution in [0.5, 0.6) is 0 Å². The van der Waals surface area contributed by atoms with E-state index in [2.05, 4.69) is 36.6 Å². The van der Waals surface area contributed by atoms with E-state index in [1.807, 2.05) is 29.7 Å². The van der Waals surface area contributed by atoms with E-state index in [-0.39, 0.29) is 0 Å². The van der Waals surface area contributed by atoms with Crippen LogP contribution in [0.3, 0.4) is 0 Å². The summed E-state index contributed by atoms with van der Waals surface area (Å²) in [4.78, 5) is 10.6. The third-order valence-electron chi connectivity index (χ3n) is 3.99. The van der Waals surface area contributed by atoms with Gasteiger partial charge in [-0.15, -0.1) is 0 Å². The molecule has 1 fully saturated rings. The lowest BCUT2D eigenvalue weighted by Gasteiger charge is -2.21. The minimum Gasteiger partial charge on any atom is -0.354 e. The van der Waals surface area contributed by atoms with Gasteiger partial charge in [-0.2, -0.15) is 10.2 Å². The summed E-state index contributed by atoms with van der Waals surface area (Å²) < 4.78 is 3.67. The van der Waals surface area contributed by atoms with Crippen molar-refractivity contribution < 1.29 is 0 Å². The first kappa shape index (κ1) is 14.6. The molecule has 1 aliphatic heterocycles. The molecule has 22 heavy (non-hydrogen) atoms. The van der Waals surface area contributed by atoms with Crippen LogP contribution in [0.2, 0.25) is 0 Å². The van der Waals surface area contributed by atoms with Crippen LogP contribution in [-0.2, 0) is 13.6 Å². The van der Waals surface area contributed by atoms with Gasteiger partial charge in [0, 0.05) is 45.8 Å². The van der Waals surface area contributed by atoms with Gasteiger partial charge in [0.1, 0.15) is 12.7 Å². The quantitative estimate of drug-likeness (QED) is 0.639. The summed E-state index contributed by atoms with van der Waals surface area (Å²) in [5.74, 6) is 1.48. The van der Waals surface area contributed by atoms with Gasteiger partial charge in [-0.1, -0.05) is 0 Å². The zero-order chi connectivity index (χ0) is 15.4. The predicted octanol–water partition coefficient (Wildman–Crippen LogP) is 0.0765. The van der Waals surface area contributed by atoms with Gasteiger partial charge in [-0.05, 0) is 12.0 Å². The molecule has 1 atom stereocenters. The zero-order valence-electron chi connectivity index (χ0n) is 13.1. The number of nitrogens with zero attached hydrogens (tertiary/aromatic N) is 7. The van der Waals surface area contributed by atoms with E-state index in [1.54, 1.807) is 12.7 Å². The Balaban J connectivity index is 1.51. The normalized spacial score (nSPS) is 18.9. The van der Waals surface area contributed by atoms with E-state index in [9.17, 15) is 0 Å². The van der Waals surface area contributed by atoms with Crippen LogP contribution in [0, 0.1) is 0 Å². The zero-order valence-corrected chi connectivity index (χ0v) is 13.1. The molecule has 8 heteroatoms. The first-order valence-electron chi connectivity index (χ1n) is 7.53. The molecule has 1 aliphatic rings. The van der Waals surface area contributed by atoms with Crippen LogP contribution < -0.4 is 5.32 Å². The summed E-state index contributed by atoms with van der Waals surface area (Å²) >= 11 is 0. The van der Waals surface area contributed by atoms with E-state index in [0.717, 1.165) is 38.6 Å². The number of hydrogen-bond acceptors (Lipinski definition) is 4. The van der Waals surface area contributed by atoms with Crippen molar-refractivity contribution in [2.24, 2.45) is 12.0 Å². The lowest BCUT2D eigenvalue weighted by molar-refractivity contribution is 0.478. The Morgan fingerprint density at radius 2 is 2.36 bits per heavy atom. The van der Waals surface area contributed by atoms with Crippen molar-refractivity contribution in [1.29, 1.82) is 0 Å². The molecule has 0 radical (unpaired) electrons. The number of likely N-dealkylation sites (tertiary alicyclic amines) is 1. The molecule has 8 nitrogen and oxygen atoms in total. The van der Waals surface area contributed by atoms with Gasteiger partial charge in [0.25, 0.3) is 0 Å². The van der Waals surface area contributed by atoms with Gasteiger partial charge in [0.2, 0.25) is 0 Å². The molecule has 0 amide bonds. The largest absolute Gasteiger partial charge is 0.354 e. The van der Waals surface area contributed by atoms with Gasteiger partial charge in [0.05, 0.1) is 12.7 Å². The lowest BCUT2D eigenvalue weighted by Crippen LogP contribution is -2.41. The summed E-state index contributed by atoms with van der Waals surface area (Å²) in [5, 5.41) is 11.8. The summed E-state index contributed by atoms with van der Waals surface area (Å²) in [6.45, 7) is 3.56. The van der Waals surface area contributed by atoms with Crippen molar-refractivity contribution in [1.82, 2.24) is 34.8 Å². The lowest BCUT2D eigenvalue weighted by atomic mass is 10.0. The van der Waals surface area contributed by atoms with Gasteiger partial charge < -0.3 is 10.2 Å². The molecule has 1 unspecified atom stereocenters. The number of guanidine groups is 1. The second kappa shape index (κ2) is 6.59. The van der Waals surface area contributed by atoms with Crippen molar-refractivity contribution in [3.63, 3.8) is 0 Å². The SMILES string of the molecule is CN=C(NCCn1cncn1)N1CCC(c2cnn(C)c2)C1. The number of aryl methyl sites for hydroxylation is 1.